The van der Waals surface area contributed by atoms with E-state index in [2.05, 4.69) is 24.0 Å². The Morgan fingerprint density at radius 2 is 2.40 bits per heavy atom. The van der Waals surface area contributed by atoms with Gasteiger partial charge in [0.15, 0.2) is 0 Å². The molecule has 5 heteroatoms. The Labute approximate surface area is 119 Å². The molecule has 1 aromatic rings. The van der Waals surface area contributed by atoms with Gasteiger partial charge in [-0.25, -0.2) is 0 Å². The molecule has 3 rings (SSSR count). The van der Waals surface area contributed by atoms with E-state index < -0.39 is 0 Å². The fourth-order valence-corrected chi connectivity index (χ4v) is 3.16. The van der Waals surface area contributed by atoms with Crippen LogP contribution in [0.1, 0.15) is 49.6 Å². The van der Waals surface area contributed by atoms with E-state index in [1.165, 1.54) is 11.3 Å². The summed E-state index contributed by atoms with van der Waals surface area (Å²) in [4.78, 5) is 14.1. The highest BCUT2D eigenvalue weighted by Crippen LogP contribution is 2.31. The number of ether oxygens (including phenoxy) is 1. The van der Waals surface area contributed by atoms with E-state index in [0.29, 0.717) is 24.9 Å². The summed E-state index contributed by atoms with van der Waals surface area (Å²) in [5.74, 6) is 1.07. The van der Waals surface area contributed by atoms with E-state index in [4.69, 9.17) is 4.74 Å². The van der Waals surface area contributed by atoms with Crippen molar-refractivity contribution in [2.75, 3.05) is 19.7 Å². The normalized spacial score (nSPS) is 22.4. The van der Waals surface area contributed by atoms with Crippen molar-refractivity contribution >= 4 is 5.91 Å². The first-order valence-electron chi connectivity index (χ1n) is 7.56. The van der Waals surface area contributed by atoms with E-state index in [0.717, 1.165) is 38.2 Å². The van der Waals surface area contributed by atoms with Crippen LogP contribution < -0.4 is 0 Å². The second-order valence-electron chi connectivity index (χ2n) is 6.29. The molecule has 2 aliphatic rings. The molecule has 1 fully saturated rings. The first kappa shape index (κ1) is 13.6. The Hall–Kier alpha value is -1.36. The number of nitrogens with one attached hydrogen (secondary N) is 1. The Morgan fingerprint density at radius 1 is 1.55 bits per heavy atom. The van der Waals surface area contributed by atoms with Crippen molar-refractivity contribution in [3.05, 3.63) is 17.0 Å². The zero-order valence-electron chi connectivity index (χ0n) is 12.3. The highest BCUT2D eigenvalue weighted by Gasteiger charge is 2.31. The molecular formula is C15H23N3O2. The number of H-pyrrole nitrogens is 1. The van der Waals surface area contributed by atoms with Crippen LogP contribution in [-0.4, -0.2) is 40.7 Å². The molecule has 1 aromatic heterocycles. The predicted molar refractivity (Wildman–Crippen MR) is 75.3 cm³/mol. The third-order valence-corrected chi connectivity index (χ3v) is 4.24. The average Bonchev–Trinajstić information content (AvgIpc) is 3.04. The lowest BCUT2D eigenvalue weighted by Gasteiger charge is -2.18. The third kappa shape index (κ3) is 2.59. The Balaban J connectivity index is 1.68. The van der Waals surface area contributed by atoms with Crippen molar-refractivity contribution in [1.29, 1.82) is 0 Å². The number of amides is 1. The van der Waals surface area contributed by atoms with Gasteiger partial charge in [-0.05, 0) is 12.3 Å². The minimum atomic E-state index is 0.281. The number of nitrogens with zero attached hydrogens (tertiary/aromatic N) is 2. The minimum Gasteiger partial charge on any atom is -0.376 e. The van der Waals surface area contributed by atoms with Gasteiger partial charge in [0.2, 0.25) is 5.91 Å². The van der Waals surface area contributed by atoms with Crippen molar-refractivity contribution in [1.82, 2.24) is 15.1 Å². The summed E-state index contributed by atoms with van der Waals surface area (Å²) in [5, 5.41) is 7.64. The van der Waals surface area contributed by atoms with Crippen LogP contribution in [0.2, 0.25) is 0 Å². The molecule has 5 nitrogen and oxygen atoms in total. The lowest BCUT2D eigenvalue weighted by Crippen LogP contribution is -2.29. The van der Waals surface area contributed by atoms with Gasteiger partial charge < -0.3 is 9.64 Å². The molecule has 0 radical (unpaired) electrons. The van der Waals surface area contributed by atoms with Gasteiger partial charge in [0.05, 0.1) is 18.9 Å². The van der Waals surface area contributed by atoms with Crippen LogP contribution in [0.15, 0.2) is 0 Å². The molecule has 0 bridgehead atoms. The van der Waals surface area contributed by atoms with Gasteiger partial charge >= 0.3 is 0 Å². The fourth-order valence-electron chi connectivity index (χ4n) is 3.16. The second-order valence-corrected chi connectivity index (χ2v) is 6.29. The molecule has 0 aromatic carbocycles. The lowest BCUT2D eigenvalue weighted by molar-refractivity contribution is -0.130. The summed E-state index contributed by atoms with van der Waals surface area (Å²) in [7, 11) is 0. The lowest BCUT2D eigenvalue weighted by atomic mass is 9.98. The molecule has 1 saturated heterocycles. The predicted octanol–water partition coefficient (Wildman–Crippen LogP) is 1.84. The molecule has 0 saturated carbocycles. The molecule has 1 amide bonds. The first-order chi connectivity index (χ1) is 9.65. The number of hydrogen-bond acceptors (Lipinski definition) is 3. The van der Waals surface area contributed by atoms with Crippen molar-refractivity contribution in [3.8, 4) is 0 Å². The fraction of sp³-hybridized carbons (Fsp3) is 0.733. The summed E-state index contributed by atoms with van der Waals surface area (Å²) in [6.45, 7) is 7.29. The van der Waals surface area contributed by atoms with E-state index >= 15 is 0 Å². The van der Waals surface area contributed by atoms with Gasteiger partial charge in [0, 0.05) is 43.1 Å². The van der Waals surface area contributed by atoms with E-state index in [1.54, 1.807) is 0 Å². The van der Waals surface area contributed by atoms with Crippen LogP contribution in [0.4, 0.5) is 0 Å². The highest BCUT2D eigenvalue weighted by molar-refractivity contribution is 5.76. The van der Waals surface area contributed by atoms with E-state index in [9.17, 15) is 4.79 Å². The summed E-state index contributed by atoms with van der Waals surface area (Å²) in [6, 6.07) is 0. The Bertz CT molecular complexity index is 495. The van der Waals surface area contributed by atoms with Gasteiger partial charge in [-0.3, -0.25) is 9.89 Å². The summed E-state index contributed by atoms with van der Waals surface area (Å²) in [6.07, 6.45) is 2.58. The first-order valence-corrected chi connectivity index (χ1v) is 7.56. The van der Waals surface area contributed by atoms with Gasteiger partial charge in [-0.2, -0.15) is 5.10 Å². The van der Waals surface area contributed by atoms with E-state index in [1.807, 2.05) is 4.90 Å². The Kier molecular flexibility index (Phi) is 3.78. The molecule has 0 aliphatic carbocycles. The standard InChI is InChI=1S/C15H23N3O2/c1-10(2)7-14(19)18-5-3-11(8-18)15-12-9-20-6-4-13(12)16-17-15/h10-11H,3-9H2,1-2H3,(H,16,17). The van der Waals surface area contributed by atoms with Crippen LogP contribution >= 0.6 is 0 Å². The third-order valence-electron chi connectivity index (χ3n) is 4.24. The van der Waals surface area contributed by atoms with Gasteiger partial charge in [0.1, 0.15) is 0 Å². The SMILES string of the molecule is CC(C)CC(=O)N1CCC(c2n[nH]c3c2COCC3)C1. The summed E-state index contributed by atoms with van der Waals surface area (Å²) in [5.41, 5.74) is 3.58. The molecule has 110 valence electrons. The van der Waals surface area contributed by atoms with Crippen LogP contribution in [-0.2, 0) is 22.6 Å². The molecule has 2 aliphatic heterocycles. The van der Waals surface area contributed by atoms with Crippen molar-refractivity contribution in [2.45, 2.75) is 45.6 Å². The monoisotopic (exact) mass is 277 g/mol. The number of fused-ring (bicyclic) bond motifs is 1. The van der Waals surface area contributed by atoms with Gasteiger partial charge in [0.25, 0.3) is 0 Å². The molecule has 1 N–H and O–H groups in total. The minimum absolute atomic E-state index is 0.281. The average molecular weight is 277 g/mol. The maximum atomic E-state index is 12.1. The highest BCUT2D eigenvalue weighted by atomic mass is 16.5. The molecular weight excluding hydrogens is 254 g/mol. The maximum Gasteiger partial charge on any atom is 0.222 e. The van der Waals surface area contributed by atoms with Crippen LogP contribution in [0.25, 0.3) is 0 Å². The molecule has 20 heavy (non-hydrogen) atoms. The largest absolute Gasteiger partial charge is 0.376 e. The molecule has 3 heterocycles. The summed E-state index contributed by atoms with van der Waals surface area (Å²) >= 11 is 0. The van der Waals surface area contributed by atoms with Gasteiger partial charge in [-0.1, -0.05) is 13.8 Å². The summed E-state index contributed by atoms with van der Waals surface area (Å²) < 4.78 is 5.54. The zero-order valence-corrected chi connectivity index (χ0v) is 12.3. The zero-order chi connectivity index (χ0) is 14.1. The van der Waals surface area contributed by atoms with Crippen LogP contribution in [0.5, 0.6) is 0 Å². The number of aromatic amines is 1. The smallest absolute Gasteiger partial charge is 0.222 e. The quantitative estimate of drug-likeness (QED) is 0.917. The van der Waals surface area contributed by atoms with Crippen LogP contribution in [0, 0.1) is 5.92 Å². The number of carbonyl (C=O) groups excluding carboxylic acids is 1. The van der Waals surface area contributed by atoms with Gasteiger partial charge in [-0.15, -0.1) is 0 Å². The number of hydrogen-bond donors (Lipinski definition) is 1. The Morgan fingerprint density at radius 3 is 3.20 bits per heavy atom. The number of carbonyl (C=O) groups is 1. The van der Waals surface area contributed by atoms with Crippen LogP contribution in [0.3, 0.4) is 0 Å². The second kappa shape index (κ2) is 5.56. The molecule has 1 atom stereocenters. The van der Waals surface area contributed by atoms with E-state index in [-0.39, 0.29) is 5.91 Å². The topological polar surface area (TPSA) is 58.2 Å². The van der Waals surface area contributed by atoms with Crippen molar-refractivity contribution in [2.24, 2.45) is 5.92 Å². The van der Waals surface area contributed by atoms with Crippen molar-refractivity contribution < 1.29 is 9.53 Å². The number of likely N-dealkylation sites (tertiary alicyclic amines) is 1. The molecule has 0 spiro atoms. The number of rotatable bonds is 3. The maximum absolute atomic E-state index is 12.1. The number of aromatic nitrogens is 2. The molecule has 1 unspecified atom stereocenters. The van der Waals surface area contributed by atoms with Crippen molar-refractivity contribution in [3.63, 3.8) is 0 Å².